The van der Waals surface area contributed by atoms with Crippen LogP contribution in [-0.4, -0.2) is 32.2 Å². The number of carbonyl (C=O) groups is 2. The Labute approximate surface area is 163 Å². The first-order valence-corrected chi connectivity index (χ1v) is 9.54. The molecule has 2 amide bonds. The van der Waals surface area contributed by atoms with E-state index in [1.165, 1.54) is 17.5 Å². The lowest BCUT2D eigenvalue weighted by Crippen LogP contribution is -2.35. The number of nitrogens with zero attached hydrogens (tertiary/aromatic N) is 3. The fourth-order valence-corrected chi connectivity index (χ4v) is 3.52. The predicted octanol–water partition coefficient (Wildman–Crippen LogP) is 2.98. The minimum absolute atomic E-state index is 0.0488. The summed E-state index contributed by atoms with van der Waals surface area (Å²) < 4.78 is 3.48. The Hall–Kier alpha value is -3.35. The third-order valence-electron chi connectivity index (χ3n) is 4.93. The zero-order valence-corrected chi connectivity index (χ0v) is 15.5. The minimum atomic E-state index is -0.219. The van der Waals surface area contributed by atoms with E-state index in [0.29, 0.717) is 11.3 Å². The molecule has 2 aromatic heterocycles. The lowest BCUT2D eigenvalue weighted by molar-refractivity contribution is -0.122. The summed E-state index contributed by atoms with van der Waals surface area (Å²) in [6.07, 6.45) is 11.5. The summed E-state index contributed by atoms with van der Waals surface area (Å²) in [4.78, 5) is 24.7. The second-order valence-corrected chi connectivity index (χ2v) is 7.07. The van der Waals surface area contributed by atoms with Crippen LogP contribution in [0.4, 0.5) is 5.69 Å². The Morgan fingerprint density at radius 2 is 1.89 bits per heavy atom. The molecule has 1 aliphatic rings. The Balaban J connectivity index is 1.36. The number of hydrogen-bond acceptors (Lipinski definition) is 3. The fraction of sp³-hybridized carbons (Fsp3) is 0.286. The molecule has 0 unspecified atom stereocenters. The summed E-state index contributed by atoms with van der Waals surface area (Å²) in [6.45, 7) is 0.148. The molecular weight excluding hydrogens is 354 g/mol. The van der Waals surface area contributed by atoms with Gasteiger partial charge in [-0.1, -0.05) is 18.9 Å². The van der Waals surface area contributed by atoms with Gasteiger partial charge in [-0.2, -0.15) is 5.10 Å². The maximum atomic E-state index is 12.6. The molecule has 2 heterocycles. The van der Waals surface area contributed by atoms with Gasteiger partial charge in [0.1, 0.15) is 6.54 Å². The van der Waals surface area contributed by atoms with Crippen molar-refractivity contribution in [1.82, 2.24) is 19.7 Å². The third-order valence-corrected chi connectivity index (χ3v) is 4.93. The van der Waals surface area contributed by atoms with Crippen molar-refractivity contribution in [3.63, 3.8) is 0 Å². The largest absolute Gasteiger partial charge is 0.352 e. The molecule has 0 atom stereocenters. The molecule has 1 aliphatic carbocycles. The van der Waals surface area contributed by atoms with Crippen molar-refractivity contribution >= 4 is 17.5 Å². The molecular formula is C21H23N5O2. The topological polar surface area (TPSA) is 81.0 Å². The van der Waals surface area contributed by atoms with Crippen molar-refractivity contribution in [2.75, 3.05) is 5.32 Å². The van der Waals surface area contributed by atoms with Gasteiger partial charge >= 0.3 is 0 Å². The van der Waals surface area contributed by atoms with E-state index in [1.807, 2.05) is 47.3 Å². The molecule has 1 aromatic carbocycles. The maximum absolute atomic E-state index is 12.6. The first-order chi connectivity index (χ1) is 13.7. The van der Waals surface area contributed by atoms with E-state index in [2.05, 4.69) is 15.7 Å². The van der Waals surface area contributed by atoms with Gasteiger partial charge in [0.05, 0.1) is 11.9 Å². The van der Waals surface area contributed by atoms with Crippen LogP contribution in [0.15, 0.2) is 61.2 Å². The van der Waals surface area contributed by atoms with Gasteiger partial charge in [0, 0.05) is 35.9 Å². The summed E-state index contributed by atoms with van der Waals surface area (Å²) in [5.74, 6) is -0.267. The van der Waals surface area contributed by atoms with E-state index >= 15 is 0 Å². The molecule has 28 heavy (non-hydrogen) atoms. The third kappa shape index (κ3) is 4.31. The van der Waals surface area contributed by atoms with E-state index in [9.17, 15) is 9.59 Å². The van der Waals surface area contributed by atoms with Gasteiger partial charge in [-0.3, -0.25) is 14.3 Å². The van der Waals surface area contributed by atoms with Crippen LogP contribution in [0, 0.1) is 0 Å². The number of hydrogen-bond donors (Lipinski definition) is 2. The van der Waals surface area contributed by atoms with Crippen molar-refractivity contribution in [2.24, 2.45) is 0 Å². The summed E-state index contributed by atoms with van der Waals surface area (Å²) in [7, 11) is 0. The molecule has 0 spiro atoms. The first kappa shape index (κ1) is 18.0. The van der Waals surface area contributed by atoms with Crippen LogP contribution in [-0.2, 0) is 11.3 Å². The van der Waals surface area contributed by atoms with Crippen molar-refractivity contribution in [3.8, 4) is 5.69 Å². The van der Waals surface area contributed by atoms with Gasteiger partial charge in [-0.05, 0) is 43.2 Å². The van der Waals surface area contributed by atoms with Crippen LogP contribution in [0.5, 0.6) is 0 Å². The lowest BCUT2D eigenvalue weighted by atomic mass is 10.2. The second kappa shape index (κ2) is 8.12. The van der Waals surface area contributed by atoms with Crippen LogP contribution < -0.4 is 10.6 Å². The second-order valence-electron chi connectivity index (χ2n) is 7.07. The molecule has 4 rings (SSSR count). The number of benzene rings is 1. The zero-order chi connectivity index (χ0) is 19.3. The smallest absolute Gasteiger partial charge is 0.255 e. The number of anilines is 1. The molecule has 7 heteroatoms. The van der Waals surface area contributed by atoms with Crippen molar-refractivity contribution < 1.29 is 9.59 Å². The minimum Gasteiger partial charge on any atom is -0.352 e. The Kier molecular flexibility index (Phi) is 5.23. The number of aromatic nitrogens is 3. The van der Waals surface area contributed by atoms with E-state index in [-0.39, 0.29) is 24.4 Å². The van der Waals surface area contributed by atoms with Crippen LogP contribution in [0.2, 0.25) is 0 Å². The zero-order valence-electron chi connectivity index (χ0n) is 15.5. The fourth-order valence-electron chi connectivity index (χ4n) is 3.52. The van der Waals surface area contributed by atoms with Gasteiger partial charge in [-0.15, -0.1) is 0 Å². The monoisotopic (exact) mass is 377 g/mol. The van der Waals surface area contributed by atoms with Crippen LogP contribution >= 0.6 is 0 Å². The Morgan fingerprint density at radius 3 is 2.68 bits per heavy atom. The number of rotatable bonds is 6. The highest BCUT2D eigenvalue weighted by atomic mass is 16.2. The van der Waals surface area contributed by atoms with Gasteiger partial charge in [0.25, 0.3) is 5.91 Å². The number of carbonyl (C=O) groups excluding carboxylic acids is 2. The molecule has 0 saturated heterocycles. The average Bonchev–Trinajstić information content (AvgIpc) is 3.45. The molecule has 144 valence electrons. The standard InChI is InChI=1S/C21H23N5O2/c27-20(23-17-7-1-2-8-17)15-26-14-18(13-22-26)24-21(28)16-6-5-9-19(12-16)25-10-3-4-11-25/h3-6,9-14,17H,1-2,7-8,15H2,(H,23,27)(H,24,28). The SMILES string of the molecule is O=C(Cn1cc(NC(=O)c2cccc(-n3cccc3)c2)cn1)NC1CCCC1. The summed E-state index contributed by atoms with van der Waals surface area (Å²) in [5.41, 5.74) is 2.03. The van der Waals surface area contributed by atoms with Crippen LogP contribution in [0.1, 0.15) is 36.0 Å². The van der Waals surface area contributed by atoms with Crippen molar-refractivity contribution in [1.29, 1.82) is 0 Å². The van der Waals surface area contributed by atoms with E-state index in [0.717, 1.165) is 18.5 Å². The Bertz CT molecular complexity index is 955. The van der Waals surface area contributed by atoms with Gasteiger partial charge < -0.3 is 15.2 Å². The quantitative estimate of drug-likeness (QED) is 0.693. The number of nitrogens with one attached hydrogen (secondary N) is 2. The molecule has 1 fully saturated rings. The molecule has 2 N–H and O–H groups in total. The van der Waals surface area contributed by atoms with Gasteiger partial charge in [0.15, 0.2) is 0 Å². The highest BCUT2D eigenvalue weighted by Gasteiger charge is 2.17. The number of amides is 2. The normalized spacial score (nSPS) is 14.1. The predicted molar refractivity (Wildman–Crippen MR) is 106 cm³/mol. The van der Waals surface area contributed by atoms with Crippen LogP contribution in [0.25, 0.3) is 5.69 Å². The molecule has 0 bridgehead atoms. The maximum Gasteiger partial charge on any atom is 0.255 e. The van der Waals surface area contributed by atoms with E-state index < -0.39 is 0 Å². The molecule has 0 radical (unpaired) electrons. The van der Waals surface area contributed by atoms with Crippen molar-refractivity contribution in [3.05, 3.63) is 66.7 Å². The van der Waals surface area contributed by atoms with E-state index in [4.69, 9.17) is 0 Å². The summed E-state index contributed by atoms with van der Waals surface area (Å²) >= 11 is 0. The summed E-state index contributed by atoms with van der Waals surface area (Å²) in [5, 5.41) is 10.0. The highest BCUT2D eigenvalue weighted by Crippen LogP contribution is 2.17. The van der Waals surface area contributed by atoms with Crippen LogP contribution in [0.3, 0.4) is 0 Å². The Morgan fingerprint density at radius 1 is 1.11 bits per heavy atom. The van der Waals surface area contributed by atoms with Gasteiger partial charge in [-0.25, -0.2) is 0 Å². The molecule has 0 aliphatic heterocycles. The highest BCUT2D eigenvalue weighted by molar-refractivity contribution is 6.04. The lowest BCUT2D eigenvalue weighted by Gasteiger charge is -2.11. The summed E-state index contributed by atoms with van der Waals surface area (Å²) in [6, 6.07) is 11.5. The van der Waals surface area contributed by atoms with E-state index in [1.54, 1.807) is 18.5 Å². The molecule has 1 saturated carbocycles. The molecule has 7 nitrogen and oxygen atoms in total. The molecule has 3 aromatic rings. The average molecular weight is 377 g/mol. The van der Waals surface area contributed by atoms with Gasteiger partial charge in [0.2, 0.25) is 5.91 Å². The van der Waals surface area contributed by atoms with Crippen molar-refractivity contribution in [2.45, 2.75) is 38.3 Å². The first-order valence-electron chi connectivity index (χ1n) is 9.54.